The van der Waals surface area contributed by atoms with Gasteiger partial charge in [-0.25, -0.2) is 0 Å². The van der Waals surface area contributed by atoms with Gasteiger partial charge >= 0.3 is 0 Å². The number of nitrogens with two attached hydrogens (primary N) is 1. The van der Waals surface area contributed by atoms with Crippen molar-refractivity contribution in [2.75, 3.05) is 7.11 Å². The Kier molecular flexibility index (Phi) is 2.74. The summed E-state index contributed by atoms with van der Waals surface area (Å²) < 4.78 is 5.22. The van der Waals surface area contributed by atoms with Gasteiger partial charge in [0.1, 0.15) is 5.75 Å². The van der Waals surface area contributed by atoms with Crippen LogP contribution in [0.3, 0.4) is 0 Å². The Morgan fingerprint density at radius 1 is 1.33 bits per heavy atom. The van der Waals surface area contributed by atoms with E-state index in [1.54, 1.807) is 7.11 Å². The van der Waals surface area contributed by atoms with E-state index >= 15 is 0 Å². The molecule has 0 saturated carbocycles. The van der Waals surface area contributed by atoms with Gasteiger partial charge in [0, 0.05) is 24.0 Å². The second kappa shape index (κ2) is 4.19. The van der Waals surface area contributed by atoms with Crippen LogP contribution in [-0.4, -0.2) is 12.1 Å². The van der Waals surface area contributed by atoms with E-state index < -0.39 is 0 Å². The van der Waals surface area contributed by atoms with Crippen LogP contribution in [0.25, 0.3) is 11.3 Å². The first-order valence-electron chi connectivity index (χ1n) is 4.86. The Morgan fingerprint density at radius 2 is 2.20 bits per heavy atom. The summed E-state index contributed by atoms with van der Waals surface area (Å²) in [6, 6.07) is 10.0. The maximum atomic E-state index is 5.66. The topological polar surface area (TPSA) is 51.0 Å². The van der Waals surface area contributed by atoms with E-state index in [1.165, 1.54) is 0 Å². The van der Waals surface area contributed by atoms with Crippen molar-refractivity contribution in [1.29, 1.82) is 0 Å². The van der Waals surface area contributed by atoms with Crippen molar-refractivity contribution in [2.24, 2.45) is 5.73 Å². The largest absolute Gasteiger partial charge is 0.496 e. The van der Waals surface area contributed by atoms with E-state index in [2.05, 4.69) is 4.98 Å². The predicted octanol–water partition coefficient (Wildman–Crippen LogP) is 2.15. The number of benzene rings is 1. The van der Waals surface area contributed by atoms with Gasteiger partial charge in [0.15, 0.2) is 0 Å². The number of H-pyrrole nitrogens is 1. The third-order valence-electron chi connectivity index (χ3n) is 2.41. The molecule has 3 heteroatoms. The van der Waals surface area contributed by atoms with Crippen molar-refractivity contribution < 1.29 is 4.74 Å². The molecule has 0 aliphatic carbocycles. The molecule has 1 heterocycles. The summed E-state index contributed by atoms with van der Waals surface area (Å²) in [5, 5.41) is 0. The molecular formula is C12H14N2O. The summed E-state index contributed by atoms with van der Waals surface area (Å²) in [6.07, 6.45) is 1.90. The number of methoxy groups -OCH3 is 1. The van der Waals surface area contributed by atoms with Gasteiger partial charge < -0.3 is 15.5 Å². The van der Waals surface area contributed by atoms with Gasteiger partial charge in [-0.1, -0.05) is 0 Å². The lowest BCUT2D eigenvalue weighted by molar-refractivity contribution is 0.410. The van der Waals surface area contributed by atoms with E-state index in [0.29, 0.717) is 6.54 Å². The number of aromatic amines is 1. The van der Waals surface area contributed by atoms with Crippen LogP contribution < -0.4 is 10.5 Å². The maximum Gasteiger partial charge on any atom is 0.123 e. The Labute approximate surface area is 88.9 Å². The summed E-state index contributed by atoms with van der Waals surface area (Å²) in [6.45, 7) is 0.484. The summed E-state index contributed by atoms with van der Waals surface area (Å²) in [5.74, 6) is 0.841. The molecule has 3 nitrogen and oxygen atoms in total. The number of rotatable bonds is 3. The fraction of sp³-hybridized carbons (Fsp3) is 0.167. The highest BCUT2D eigenvalue weighted by Crippen LogP contribution is 2.25. The standard InChI is InChI=1S/C12H14N2O/c1-15-12-5-4-9(7-10(12)8-13)11-3-2-6-14-11/h2-7,14H,8,13H2,1H3. The van der Waals surface area contributed by atoms with Crippen molar-refractivity contribution in [3.63, 3.8) is 0 Å². The molecule has 1 aromatic heterocycles. The lowest BCUT2D eigenvalue weighted by Crippen LogP contribution is -2.00. The fourth-order valence-electron chi connectivity index (χ4n) is 1.62. The molecule has 2 rings (SSSR count). The molecule has 0 aliphatic rings. The molecule has 0 bridgehead atoms. The van der Waals surface area contributed by atoms with Crippen LogP contribution in [0.2, 0.25) is 0 Å². The Morgan fingerprint density at radius 3 is 2.80 bits per heavy atom. The van der Waals surface area contributed by atoms with Gasteiger partial charge in [0.2, 0.25) is 0 Å². The van der Waals surface area contributed by atoms with Gasteiger partial charge in [0.25, 0.3) is 0 Å². The van der Waals surface area contributed by atoms with Crippen molar-refractivity contribution in [3.8, 4) is 17.0 Å². The molecule has 0 amide bonds. The fourth-order valence-corrected chi connectivity index (χ4v) is 1.62. The van der Waals surface area contributed by atoms with Gasteiger partial charge in [-0.3, -0.25) is 0 Å². The van der Waals surface area contributed by atoms with Crippen LogP contribution in [0, 0.1) is 0 Å². The molecule has 78 valence electrons. The molecule has 0 atom stereocenters. The number of hydrogen-bond donors (Lipinski definition) is 2. The van der Waals surface area contributed by atoms with Crippen LogP contribution in [0.1, 0.15) is 5.56 Å². The van der Waals surface area contributed by atoms with Gasteiger partial charge in [-0.2, -0.15) is 0 Å². The van der Waals surface area contributed by atoms with Crippen LogP contribution in [0.4, 0.5) is 0 Å². The zero-order chi connectivity index (χ0) is 10.7. The number of ether oxygens (including phenoxy) is 1. The number of hydrogen-bond acceptors (Lipinski definition) is 2. The van der Waals surface area contributed by atoms with Gasteiger partial charge in [-0.15, -0.1) is 0 Å². The smallest absolute Gasteiger partial charge is 0.123 e. The van der Waals surface area contributed by atoms with Crippen molar-refractivity contribution in [1.82, 2.24) is 4.98 Å². The van der Waals surface area contributed by atoms with Crippen LogP contribution in [0.5, 0.6) is 5.75 Å². The normalized spacial score (nSPS) is 10.3. The minimum absolute atomic E-state index is 0.484. The molecule has 0 spiro atoms. The monoisotopic (exact) mass is 202 g/mol. The molecule has 0 unspecified atom stereocenters. The lowest BCUT2D eigenvalue weighted by Gasteiger charge is -2.08. The van der Waals surface area contributed by atoms with Crippen molar-refractivity contribution in [2.45, 2.75) is 6.54 Å². The molecule has 15 heavy (non-hydrogen) atoms. The Bertz CT molecular complexity index is 435. The molecule has 0 radical (unpaired) electrons. The molecular weight excluding hydrogens is 188 g/mol. The second-order valence-electron chi connectivity index (χ2n) is 3.31. The van der Waals surface area contributed by atoms with Crippen molar-refractivity contribution >= 4 is 0 Å². The SMILES string of the molecule is COc1ccc(-c2ccc[nH]2)cc1CN. The third-order valence-corrected chi connectivity index (χ3v) is 2.41. The van der Waals surface area contributed by atoms with E-state index in [0.717, 1.165) is 22.6 Å². The van der Waals surface area contributed by atoms with E-state index in [9.17, 15) is 0 Å². The molecule has 3 N–H and O–H groups in total. The van der Waals surface area contributed by atoms with Crippen LogP contribution in [-0.2, 0) is 6.54 Å². The first kappa shape index (κ1) is 9.80. The van der Waals surface area contributed by atoms with Crippen LogP contribution in [0.15, 0.2) is 36.5 Å². The predicted molar refractivity (Wildman–Crippen MR) is 60.7 cm³/mol. The summed E-state index contributed by atoms with van der Waals surface area (Å²) in [7, 11) is 1.66. The first-order chi connectivity index (χ1) is 7.35. The summed E-state index contributed by atoms with van der Waals surface area (Å²) in [5.41, 5.74) is 8.89. The zero-order valence-corrected chi connectivity index (χ0v) is 8.66. The van der Waals surface area contributed by atoms with Crippen LogP contribution >= 0.6 is 0 Å². The van der Waals surface area contributed by atoms with Gasteiger partial charge in [-0.05, 0) is 35.9 Å². The van der Waals surface area contributed by atoms with E-state index in [4.69, 9.17) is 10.5 Å². The van der Waals surface area contributed by atoms with Gasteiger partial charge in [0.05, 0.1) is 7.11 Å². The minimum atomic E-state index is 0.484. The Hall–Kier alpha value is -1.74. The van der Waals surface area contributed by atoms with E-state index in [1.807, 2.05) is 36.5 Å². The summed E-state index contributed by atoms with van der Waals surface area (Å²) >= 11 is 0. The zero-order valence-electron chi connectivity index (χ0n) is 8.66. The van der Waals surface area contributed by atoms with Crippen molar-refractivity contribution in [3.05, 3.63) is 42.1 Å². The highest BCUT2D eigenvalue weighted by atomic mass is 16.5. The third kappa shape index (κ3) is 1.87. The number of aromatic nitrogens is 1. The minimum Gasteiger partial charge on any atom is -0.496 e. The average Bonchev–Trinajstić information content (AvgIpc) is 2.81. The molecule has 0 saturated heterocycles. The highest BCUT2D eigenvalue weighted by Gasteiger charge is 2.04. The molecule has 1 aromatic carbocycles. The highest BCUT2D eigenvalue weighted by molar-refractivity contribution is 5.62. The molecule has 0 fully saturated rings. The maximum absolute atomic E-state index is 5.66. The van der Waals surface area contributed by atoms with E-state index in [-0.39, 0.29) is 0 Å². The quantitative estimate of drug-likeness (QED) is 0.801. The molecule has 2 aromatic rings. The number of nitrogens with one attached hydrogen (secondary N) is 1. The molecule has 0 aliphatic heterocycles. The summed E-state index contributed by atoms with van der Waals surface area (Å²) in [4.78, 5) is 3.16. The first-order valence-corrected chi connectivity index (χ1v) is 4.86. The Balaban J connectivity index is 2.43. The average molecular weight is 202 g/mol. The lowest BCUT2D eigenvalue weighted by atomic mass is 10.1. The second-order valence-corrected chi connectivity index (χ2v) is 3.31.